The Hall–Kier alpha value is -3.59. The normalized spacial score (nSPS) is 11.1. The van der Waals surface area contributed by atoms with Gasteiger partial charge in [-0.2, -0.15) is 5.10 Å². The molecule has 8 heteroatoms. The molecular weight excluding hydrogens is 656 g/mol. The molecule has 5 aromatic rings. The highest BCUT2D eigenvalue weighted by molar-refractivity contribution is 14.1. The average molecular weight is 680 g/mol. The highest BCUT2D eigenvalue weighted by Crippen LogP contribution is 2.34. The predicted molar refractivity (Wildman–Crippen MR) is 171 cm³/mol. The molecule has 0 bridgehead atoms. The molecule has 5 nitrogen and oxygen atoms in total. The molecule has 4 aromatic carbocycles. The van der Waals surface area contributed by atoms with Gasteiger partial charge in [-0.1, -0.05) is 65.7 Å². The standard InChI is InChI=1S/C32H24Cl2IN3O2/c1-21-7-16-30(24-5-3-2-4-6-24)38(21)27-14-10-25(11-15-27)32(39)37-36-19-23-17-28(33)31(29(34)18-23)40-20-22-8-12-26(35)13-9-22/h2-19H,20H2,1H3,(H,37,39)/b36-19+. The molecule has 1 aromatic heterocycles. The van der Waals surface area contributed by atoms with E-state index in [1.165, 1.54) is 6.21 Å². The quantitative estimate of drug-likeness (QED) is 0.101. The van der Waals surface area contributed by atoms with Crippen LogP contribution in [0.2, 0.25) is 10.0 Å². The minimum atomic E-state index is -0.329. The maximum atomic E-state index is 12.7. The number of nitrogens with zero attached hydrogens (tertiary/aromatic N) is 2. The minimum Gasteiger partial charge on any atom is -0.486 e. The van der Waals surface area contributed by atoms with Gasteiger partial charge in [0.15, 0.2) is 5.75 Å². The highest BCUT2D eigenvalue weighted by Gasteiger charge is 2.12. The van der Waals surface area contributed by atoms with Gasteiger partial charge in [-0.05, 0) is 107 Å². The molecule has 0 spiro atoms. The number of aryl methyl sites for hydroxylation is 1. The summed E-state index contributed by atoms with van der Waals surface area (Å²) in [5.74, 6) is 0.0708. The van der Waals surface area contributed by atoms with E-state index in [4.69, 9.17) is 27.9 Å². The van der Waals surface area contributed by atoms with Crippen LogP contribution >= 0.6 is 45.8 Å². The first-order valence-electron chi connectivity index (χ1n) is 12.4. The van der Waals surface area contributed by atoms with Crippen molar-refractivity contribution in [1.82, 2.24) is 9.99 Å². The predicted octanol–water partition coefficient (Wildman–Crippen LogP) is 8.71. The number of rotatable bonds is 8. The summed E-state index contributed by atoms with van der Waals surface area (Å²) in [4.78, 5) is 12.7. The van der Waals surface area contributed by atoms with Gasteiger partial charge in [0.1, 0.15) is 6.61 Å². The first-order valence-corrected chi connectivity index (χ1v) is 14.3. The topological polar surface area (TPSA) is 55.6 Å². The van der Waals surface area contributed by atoms with Crippen molar-refractivity contribution in [2.24, 2.45) is 5.10 Å². The van der Waals surface area contributed by atoms with Gasteiger partial charge >= 0.3 is 0 Å². The number of halogens is 3. The Morgan fingerprint density at radius 3 is 2.27 bits per heavy atom. The van der Waals surface area contributed by atoms with Crippen molar-refractivity contribution >= 4 is 57.9 Å². The Morgan fingerprint density at radius 2 is 1.60 bits per heavy atom. The smallest absolute Gasteiger partial charge is 0.271 e. The summed E-state index contributed by atoms with van der Waals surface area (Å²) in [6.45, 7) is 2.40. The fraction of sp³-hybridized carbons (Fsp3) is 0.0625. The van der Waals surface area contributed by atoms with Crippen LogP contribution in [0.1, 0.15) is 27.2 Å². The van der Waals surface area contributed by atoms with E-state index in [-0.39, 0.29) is 5.91 Å². The Balaban J connectivity index is 1.23. The first kappa shape index (κ1) is 28.0. The molecular formula is C32H24Cl2IN3O2. The molecule has 0 aliphatic rings. The van der Waals surface area contributed by atoms with E-state index >= 15 is 0 Å². The summed E-state index contributed by atoms with van der Waals surface area (Å²) < 4.78 is 9.15. The van der Waals surface area contributed by atoms with Crippen molar-refractivity contribution < 1.29 is 9.53 Å². The third-order valence-electron chi connectivity index (χ3n) is 6.23. The van der Waals surface area contributed by atoms with Crippen molar-refractivity contribution in [1.29, 1.82) is 0 Å². The third kappa shape index (κ3) is 6.58. The van der Waals surface area contributed by atoms with Crippen LogP contribution in [0.3, 0.4) is 0 Å². The molecule has 1 heterocycles. The zero-order chi connectivity index (χ0) is 28.1. The van der Waals surface area contributed by atoms with E-state index in [0.717, 1.165) is 31.8 Å². The second kappa shape index (κ2) is 12.7. The average Bonchev–Trinajstić information content (AvgIpc) is 3.35. The number of aromatic nitrogens is 1. The molecule has 1 amide bonds. The summed E-state index contributed by atoms with van der Waals surface area (Å²) in [5.41, 5.74) is 8.96. The van der Waals surface area contributed by atoms with Crippen LogP contribution in [-0.2, 0) is 6.61 Å². The van der Waals surface area contributed by atoms with E-state index in [2.05, 4.69) is 68.9 Å². The summed E-state index contributed by atoms with van der Waals surface area (Å²) in [7, 11) is 0. The lowest BCUT2D eigenvalue weighted by molar-refractivity contribution is 0.0955. The fourth-order valence-corrected chi connectivity index (χ4v) is 5.21. The number of hydrogen-bond acceptors (Lipinski definition) is 3. The van der Waals surface area contributed by atoms with Crippen LogP contribution in [0.4, 0.5) is 0 Å². The Kier molecular flexibility index (Phi) is 8.89. The molecule has 40 heavy (non-hydrogen) atoms. The summed E-state index contributed by atoms with van der Waals surface area (Å²) in [6, 6.07) is 33.2. The SMILES string of the molecule is Cc1ccc(-c2ccccc2)n1-c1ccc(C(=O)N/N=C/c2cc(Cl)c(OCc3ccc(I)cc3)c(Cl)c2)cc1. The van der Waals surface area contributed by atoms with Crippen molar-refractivity contribution in [3.8, 4) is 22.7 Å². The molecule has 0 fully saturated rings. The van der Waals surface area contributed by atoms with Crippen LogP contribution in [0.15, 0.2) is 108 Å². The second-order valence-corrected chi connectivity index (χ2v) is 11.1. The van der Waals surface area contributed by atoms with E-state index in [0.29, 0.717) is 33.5 Å². The van der Waals surface area contributed by atoms with Gasteiger partial charge in [0.25, 0.3) is 5.91 Å². The number of hydrogen-bond donors (Lipinski definition) is 1. The molecule has 0 saturated heterocycles. The molecule has 1 N–H and O–H groups in total. The van der Waals surface area contributed by atoms with Crippen LogP contribution in [-0.4, -0.2) is 16.7 Å². The Morgan fingerprint density at radius 1 is 0.925 bits per heavy atom. The number of carbonyl (C=O) groups excluding carboxylic acids is 1. The zero-order valence-corrected chi connectivity index (χ0v) is 25.1. The summed E-state index contributed by atoms with van der Waals surface area (Å²) in [6.07, 6.45) is 1.49. The Labute approximate surface area is 256 Å². The van der Waals surface area contributed by atoms with Gasteiger partial charge in [0, 0.05) is 20.5 Å². The maximum absolute atomic E-state index is 12.7. The van der Waals surface area contributed by atoms with E-state index in [9.17, 15) is 4.79 Å². The summed E-state index contributed by atoms with van der Waals surface area (Å²) in [5, 5.41) is 4.80. The first-order chi connectivity index (χ1) is 19.4. The number of ether oxygens (including phenoxy) is 1. The van der Waals surface area contributed by atoms with Gasteiger partial charge in [0.05, 0.1) is 22.0 Å². The largest absolute Gasteiger partial charge is 0.486 e. The number of amides is 1. The van der Waals surface area contributed by atoms with Crippen LogP contribution < -0.4 is 10.2 Å². The number of benzene rings is 4. The molecule has 0 saturated carbocycles. The van der Waals surface area contributed by atoms with Crippen LogP contribution in [0, 0.1) is 10.5 Å². The van der Waals surface area contributed by atoms with E-state index in [1.807, 2.05) is 54.6 Å². The van der Waals surface area contributed by atoms with Crippen molar-refractivity contribution in [2.75, 3.05) is 0 Å². The van der Waals surface area contributed by atoms with Crippen molar-refractivity contribution in [2.45, 2.75) is 13.5 Å². The lowest BCUT2D eigenvalue weighted by Gasteiger charge is -2.13. The lowest BCUT2D eigenvalue weighted by atomic mass is 10.1. The molecule has 0 aliphatic heterocycles. The fourth-order valence-electron chi connectivity index (χ4n) is 4.24. The van der Waals surface area contributed by atoms with Crippen LogP contribution in [0.25, 0.3) is 16.9 Å². The molecule has 0 aliphatic carbocycles. The Bertz CT molecular complexity index is 1640. The van der Waals surface area contributed by atoms with E-state index in [1.54, 1.807) is 24.3 Å². The number of carbonyl (C=O) groups is 1. The van der Waals surface area contributed by atoms with Gasteiger partial charge in [-0.3, -0.25) is 4.79 Å². The number of nitrogens with one attached hydrogen (secondary N) is 1. The molecule has 5 rings (SSSR count). The maximum Gasteiger partial charge on any atom is 0.271 e. The van der Waals surface area contributed by atoms with E-state index < -0.39 is 0 Å². The van der Waals surface area contributed by atoms with Crippen molar-refractivity contribution in [3.63, 3.8) is 0 Å². The van der Waals surface area contributed by atoms with Gasteiger partial charge in [-0.15, -0.1) is 0 Å². The lowest BCUT2D eigenvalue weighted by Crippen LogP contribution is -2.17. The monoisotopic (exact) mass is 679 g/mol. The molecule has 0 unspecified atom stereocenters. The number of hydrazone groups is 1. The second-order valence-electron chi connectivity index (χ2n) is 9.04. The van der Waals surface area contributed by atoms with Gasteiger partial charge < -0.3 is 9.30 Å². The van der Waals surface area contributed by atoms with Crippen molar-refractivity contribution in [3.05, 3.63) is 139 Å². The van der Waals surface area contributed by atoms with Crippen LogP contribution in [0.5, 0.6) is 5.75 Å². The molecule has 0 atom stereocenters. The highest BCUT2D eigenvalue weighted by atomic mass is 127. The zero-order valence-electron chi connectivity index (χ0n) is 21.4. The minimum absolute atomic E-state index is 0.329. The van der Waals surface area contributed by atoms with Gasteiger partial charge in [-0.25, -0.2) is 5.43 Å². The van der Waals surface area contributed by atoms with Gasteiger partial charge in [0.2, 0.25) is 0 Å². The third-order valence-corrected chi connectivity index (χ3v) is 7.51. The molecule has 0 radical (unpaired) electrons. The summed E-state index contributed by atoms with van der Waals surface area (Å²) >= 11 is 15.1. The molecule has 200 valence electrons.